The number of hydrogen-bond donors (Lipinski definition) is 1. The Morgan fingerprint density at radius 2 is 1.93 bits per heavy atom. The number of aryl methyl sites for hydroxylation is 1. The minimum Gasteiger partial charge on any atom is -0.314 e. The second-order valence-corrected chi connectivity index (χ2v) is 6.52. The van der Waals surface area contributed by atoms with Crippen molar-refractivity contribution >= 4 is 23.7 Å². The van der Waals surface area contributed by atoms with Gasteiger partial charge in [-0.1, -0.05) is 24.0 Å². The van der Waals surface area contributed by atoms with E-state index >= 15 is 0 Å². The molecule has 29 heavy (non-hydrogen) atoms. The summed E-state index contributed by atoms with van der Waals surface area (Å²) in [6.45, 7) is 0.175. The Labute approximate surface area is 167 Å². The Morgan fingerprint density at radius 1 is 1.17 bits per heavy atom. The van der Waals surface area contributed by atoms with Gasteiger partial charge in [0.2, 0.25) is 0 Å². The van der Waals surface area contributed by atoms with Crippen molar-refractivity contribution in [1.82, 2.24) is 15.1 Å². The molecule has 1 aliphatic heterocycles. The van der Waals surface area contributed by atoms with E-state index in [1.54, 1.807) is 10.9 Å². The summed E-state index contributed by atoms with van der Waals surface area (Å²) in [5, 5.41) is 7.09. The van der Waals surface area contributed by atoms with Crippen molar-refractivity contribution in [3.8, 4) is 11.8 Å². The van der Waals surface area contributed by atoms with Crippen molar-refractivity contribution in [2.75, 3.05) is 19.8 Å². The molecule has 1 unspecified atom stereocenters. The van der Waals surface area contributed by atoms with E-state index in [0.29, 0.717) is 6.54 Å². The Kier molecular flexibility index (Phi) is 6.76. The number of aromatic nitrogens is 2. The van der Waals surface area contributed by atoms with Crippen molar-refractivity contribution in [3.63, 3.8) is 0 Å². The molecule has 1 aromatic heterocycles. The quantitative estimate of drug-likeness (QED) is 0.438. The molecule has 3 rings (SSSR count). The molecular formula is C21H20FN5O2. The fourth-order valence-electron chi connectivity index (χ4n) is 2.89. The number of Topliss-reactive ketones (excluding diaryl/α,β-unsaturated/α-hetero) is 1. The van der Waals surface area contributed by atoms with Gasteiger partial charge in [-0.2, -0.15) is 10.1 Å². The molecule has 0 saturated carbocycles. The number of amides is 1. The van der Waals surface area contributed by atoms with Crippen molar-refractivity contribution in [3.05, 3.63) is 53.3 Å². The maximum absolute atomic E-state index is 12.5. The van der Waals surface area contributed by atoms with Crippen LogP contribution >= 0.6 is 0 Å². The molecule has 0 saturated heterocycles. The maximum Gasteiger partial charge on any atom is 0.320 e. The summed E-state index contributed by atoms with van der Waals surface area (Å²) in [5.41, 5.74) is 2.76. The third-order valence-corrected chi connectivity index (χ3v) is 4.38. The van der Waals surface area contributed by atoms with Crippen LogP contribution in [0.25, 0.3) is 0 Å². The van der Waals surface area contributed by atoms with Crippen LogP contribution in [0, 0.1) is 11.8 Å². The van der Waals surface area contributed by atoms with Gasteiger partial charge in [-0.25, -0.2) is 9.38 Å². The molecular weight excluding hydrogens is 373 g/mol. The first-order valence-corrected chi connectivity index (χ1v) is 9.12. The lowest BCUT2D eigenvalue weighted by Gasteiger charge is -2.19. The molecule has 1 aromatic carbocycles. The number of nitrogens with one attached hydrogen (secondary N) is 1. The van der Waals surface area contributed by atoms with Crippen LogP contribution in [-0.4, -0.2) is 53.3 Å². The summed E-state index contributed by atoms with van der Waals surface area (Å²) in [6.07, 6.45) is 4.89. The Bertz CT molecular complexity index is 1010. The van der Waals surface area contributed by atoms with Gasteiger partial charge in [0, 0.05) is 44.2 Å². The molecule has 1 atom stereocenters. The summed E-state index contributed by atoms with van der Waals surface area (Å²) in [7, 11) is 1.83. The monoisotopic (exact) mass is 393 g/mol. The first-order valence-electron chi connectivity index (χ1n) is 9.12. The average Bonchev–Trinajstić information content (AvgIpc) is 3.15. The molecule has 0 spiro atoms. The second-order valence-electron chi connectivity index (χ2n) is 6.52. The predicted octanol–water partition coefficient (Wildman–Crippen LogP) is 1.43. The average molecular weight is 393 g/mol. The molecule has 7 nitrogen and oxygen atoms in total. The number of nitrogens with zero attached hydrogens (tertiary/aromatic N) is 4. The number of carbonyl (C=O) groups excluding carboxylic acids is 2. The topological polar surface area (TPSA) is 88.7 Å². The van der Waals surface area contributed by atoms with Gasteiger partial charge in [-0.15, -0.1) is 0 Å². The molecule has 2 aromatic rings. The van der Waals surface area contributed by atoms with E-state index in [-0.39, 0.29) is 24.6 Å². The highest BCUT2D eigenvalue weighted by Gasteiger charge is 2.26. The molecule has 8 heteroatoms. The number of ketones is 1. The van der Waals surface area contributed by atoms with Gasteiger partial charge in [-0.05, 0) is 17.7 Å². The molecule has 1 N–H and O–H groups in total. The molecule has 1 amide bonds. The van der Waals surface area contributed by atoms with Gasteiger partial charge in [0.15, 0.2) is 0 Å². The van der Waals surface area contributed by atoms with Crippen LogP contribution in [-0.2, 0) is 16.6 Å². The van der Waals surface area contributed by atoms with Gasteiger partial charge in [0.25, 0.3) is 5.78 Å². The van der Waals surface area contributed by atoms with E-state index in [2.05, 4.69) is 32.2 Å². The minimum absolute atomic E-state index is 0.149. The van der Waals surface area contributed by atoms with Crippen molar-refractivity contribution in [2.45, 2.75) is 12.3 Å². The van der Waals surface area contributed by atoms with E-state index in [1.807, 2.05) is 37.5 Å². The molecule has 0 radical (unpaired) electrons. The standard InChI is InChI=1S/C21H20FN5O2/c1-27-13-16(11-26-27)3-2-15-4-6-17(7-5-15)18(12-23-9-8-22)10-19-20(28)21(29)25-14-24-19/h4-7,11,13-14,18,23H,8-10,12H2,1H3. The molecule has 0 aliphatic carbocycles. The van der Waals surface area contributed by atoms with Crippen LogP contribution in [0.1, 0.15) is 29.0 Å². The van der Waals surface area contributed by atoms with E-state index in [4.69, 9.17) is 0 Å². The summed E-state index contributed by atoms with van der Waals surface area (Å²) in [5.74, 6) is 4.47. The van der Waals surface area contributed by atoms with Crippen LogP contribution in [0.15, 0.2) is 46.6 Å². The van der Waals surface area contributed by atoms with E-state index in [1.165, 1.54) is 0 Å². The van der Waals surface area contributed by atoms with Crippen LogP contribution in [0.2, 0.25) is 0 Å². The molecule has 148 valence electrons. The Hall–Kier alpha value is -3.44. The van der Waals surface area contributed by atoms with Crippen molar-refractivity contribution < 1.29 is 14.0 Å². The van der Waals surface area contributed by atoms with Crippen molar-refractivity contribution in [1.29, 1.82) is 0 Å². The maximum atomic E-state index is 12.5. The highest BCUT2D eigenvalue weighted by Crippen LogP contribution is 2.21. The number of carbonyl (C=O) groups is 2. The number of hydrogen-bond acceptors (Lipinski definition) is 5. The molecule has 0 bridgehead atoms. The fraction of sp³-hybridized carbons (Fsp3) is 0.286. The number of benzene rings is 1. The number of alkyl halides is 1. The molecule has 0 fully saturated rings. The summed E-state index contributed by atoms with van der Waals surface area (Å²) >= 11 is 0. The summed E-state index contributed by atoms with van der Waals surface area (Å²) in [4.78, 5) is 30.8. The third-order valence-electron chi connectivity index (χ3n) is 4.38. The van der Waals surface area contributed by atoms with Crippen LogP contribution in [0.5, 0.6) is 0 Å². The minimum atomic E-state index is -0.813. The zero-order valence-electron chi connectivity index (χ0n) is 15.9. The van der Waals surface area contributed by atoms with E-state index in [0.717, 1.165) is 23.0 Å². The third kappa shape index (κ3) is 5.53. The fourth-order valence-corrected chi connectivity index (χ4v) is 2.89. The zero-order valence-corrected chi connectivity index (χ0v) is 15.9. The van der Waals surface area contributed by atoms with E-state index in [9.17, 15) is 14.0 Å². The Balaban J connectivity index is 1.75. The lowest BCUT2D eigenvalue weighted by molar-refractivity contribution is -0.132. The van der Waals surface area contributed by atoms with E-state index < -0.39 is 18.4 Å². The van der Waals surface area contributed by atoms with Crippen molar-refractivity contribution in [2.24, 2.45) is 17.0 Å². The van der Waals surface area contributed by atoms with Gasteiger partial charge in [0.05, 0.1) is 17.5 Å². The summed E-state index contributed by atoms with van der Waals surface area (Å²) in [6, 6.07) is 7.60. The Morgan fingerprint density at radius 3 is 2.62 bits per heavy atom. The first-order chi connectivity index (χ1) is 14.1. The SMILES string of the molecule is Cn1cc(C#Cc2ccc(C(CNCCF)CC3=NC=NC(=O)C3=O)cc2)cn1. The second kappa shape index (κ2) is 9.66. The van der Waals surface area contributed by atoms with Crippen LogP contribution < -0.4 is 5.32 Å². The zero-order chi connectivity index (χ0) is 20.6. The largest absolute Gasteiger partial charge is 0.320 e. The van der Waals surface area contributed by atoms with Gasteiger partial charge >= 0.3 is 5.91 Å². The van der Waals surface area contributed by atoms with Gasteiger partial charge in [-0.3, -0.25) is 14.3 Å². The number of halogens is 1. The molecule has 1 aliphatic rings. The smallest absolute Gasteiger partial charge is 0.314 e. The van der Waals surface area contributed by atoms with Gasteiger partial charge < -0.3 is 5.32 Å². The lowest BCUT2D eigenvalue weighted by Crippen LogP contribution is -2.31. The predicted molar refractivity (Wildman–Crippen MR) is 108 cm³/mol. The highest BCUT2D eigenvalue weighted by molar-refractivity contribution is 6.66. The first kappa shape index (κ1) is 20.3. The molecule has 2 heterocycles. The van der Waals surface area contributed by atoms with Gasteiger partial charge in [0.1, 0.15) is 13.0 Å². The highest BCUT2D eigenvalue weighted by atomic mass is 19.1. The number of rotatable bonds is 7. The van der Waals surface area contributed by atoms with Crippen LogP contribution in [0.4, 0.5) is 4.39 Å². The lowest BCUT2D eigenvalue weighted by atomic mass is 9.91. The van der Waals surface area contributed by atoms with Crippen LogP contribution in [0.3, 0.4) is 0 Å². The number of aliphatic imine (C=N–C) groups is 2. The normalized spacial score (nSPS) is 14.3. The summed E-state index contributed by atoms with van der Waals surface area (Å²) < 4.78 is 14.2.